The molecule has 0 amide bonds. The number of halogens is 2. The third-order valence-electron chi connectivity index (χ3n) is 2.13. The summed E-state index contributed by atoms with van der Waals surface area (Å²) in [6.45, 7) is 3.79. The largest absolute Gasteiger partial charge is 0.396 e. The summed E-state index contributed by atoms with van der Waals surface area (Å²) in [5, 5.41) is 9.20. The molecule has 0 aliphatic carbocycles. The molecular weight excluding hydrogens is 203 g/mol. The van der Waals surface area contributed by atoms with E-state index in [-0.39, 0.29) is 22.9 Å². The fourth-order valence-corrected chi connectivity index (χ4v) is 1.45. The van der Waals surface area contributed by atoms with Crippen LogP contribution in [0.5, 0.6) is 0 Å². The van der Waals surface area contributed by atoms with Crippen LogP contribution in [-0.2, 0) is 6.42 Å². The van der Waals surface area contributed by atoms with Crippen molar-refractivity contribution in [1.29, 1.82) is 0 Å². The van der Waals surface area contributed by atoms with Gasteiger partial charge < -0.3 is 5.11 Å². The molecule has 0 aliphatic heterocycles. The maximum atomic E-state index is 13.5. The van der Waals surface area contributed by atoms with Crippen molar-refractivity contribution in [2.75, 3.05) is 6.61 Å². The first kappa shape index (κ1) is 11.5. The first-order valence-electron chi connectivity index (χ1n) is 4.50. The van der Waals surface area contributed by atoms with Crippen LogP contribution in [0, 0.1) is 11.2 Å². The molecule has 0 fully saturated rings. The lowest BCUT2D eigenvalue weighted by Crippen LogP contribution is -2.20. The van der Waals surface area contributed by atoms with E-state index in [9.17, 15) is 4.39 Å². The molecule has 0 saturated heterocycles. The molecule has 0 spiro atoms. The van der Waals surface area contributed by atoms with E-state index in [2.05, 4.69) is 0 Å². The van der Waals surface area contributed by atoms with Gasteiger partial charge in [-0.25, -0.2) is 4.39 Å². The Morgan fingerprint density at radius 2 is 2.07 bits per heavy atom. The van der Waals surface area contributed by atoms with Crippen LogP contribution in [0.25, 0.3) is 0 Å². The van der Waals surface area contributed by atoms with Gasteiger partial charge in [0.1, 0.15) is 5.82 Å². The highest BCUT2D eigenvalue weighted by atomic mass is 35.5. The average molecular weight is 217 g/mol. The van der Waals surface area contributed by atoms with Crippen LogP contribution >= 0.6 is 11.6 Å². The molecule has 0 saturated carbocycles. The lowest BCUT2D eigenvalue weighted by Gasteiger charge is -2.21. The first-order chi connectivity index (χ1) is 6.46. The van der Waals surface area contributed by atoms with Gasteiger partial charge in [-0.1, -0.05) is 37.6 Å². The molecular formula is C11H14ClFO. The van der Waals surface area contributed by atoms with Crippen LogP contribution in [0.15, 0.2) is 18.2 Å². The lowest BCUT2D eigenvalue weighted by molar-refractivity contribution is 0.158. The van der Waals surface area contributed by atoms with Gasteiger partial charge >= 0.3 is 0 Å². The van der Waals surface area contributed by atoms with Crippen LogP contribution < -0.4 is 0 Å². The number of hydrogen-bond acceptors (Lipinski definition) is 1. The molecule has 1 aromatic rings. The molecule has 3 heteroatoms. The third kappa shape index (κ3) is 2.69. The van der Waals surface area contributed by atoms with Gasteiger partial charge in [0.15, 0.2) is 0 Å². The van der Waals surface area contributed by atoms with E-state index in [1.165, 1.54) is 6.07 Å². The minimum atomic E-state index is -0.379. The predicted molar refractivity (Wildman–Crippen MR) is 56.0 cm³/mol. The first-order valence-corrected chi connectivity index (χ1v) is 4.88. The Morgan fingerprint density at radius 1 is 1.43 bits per heavy atom. The van der Waals surface area contributed by atoms with Crippen LogP contribution in [-0.4, -0.2) is 11.7 Å². The minimum Gasteiger partial charge on any atom is -0.396 e. The molecule has 0 aliphatic rings. The van der Waals surface area contributed by atoms with Crippen molar-refractivity contribution in [3.8, 4) is 0 Å². The molecule has 14 heavy (non-hydrogen) atoms. The lowest BCUT2D eigenvalue weighted by atomic mass is 9.86. The highest BCUT2D eigenvalue weighted by Gasteiger charge is 2.19. The molecule has 78 valence electrons. The van der Waals surface area contributed by atoms with Gasteiger partial charge in [0.05, 0.1) is 5.02 Å². The summed E-state index contributed by atoms with van der Waals surface area (Å²) in [5.74, 6) is -0.379. The predicted octanol–water partition coefficient (Wildman–Crippen LogP) is 3.04. The molecule has 1 N–H and O–H groups in total. The van der Waals surface area contributed by atoms with Crippen LogP contribution in [0.3, 0.4) is 0 Å². The van der Waals surface area contributed by atoms with E-state index in [0.717, 1.165) is 0 Å². The van der Waals surface area contributed by atoms with E-state index < -0.39 is 0 Å². The monoisotopic (exact) mass is 216 g/mol. The van der Waals surface area contributed by atoms with E-state index >= 15 is 0 Å². The van der Waals surface area contributed by atoms with Crippen molar-refractivity contribution >= 4 is 11.6 Å². The highest BCUT2D eigenvalue weighted by molar-refractivity contribution is 6.30. The molecule has 0 aromatic heterocycles. The SMILES string of the molecule is CC(C)(CO)Cc1cccc(Cl)c1F. The Labute approximate surface area is 88.5 Å². The second-order valence-electron chi connectivity index (χ2n) is 4.21. The second kappa shape index (κ2) is 4.28. The zero-order valence-corrected chi connectivity index (χ0v) is 9.11. The molecule has 0 atom stereocenters. The molecule has 1 rings (SSSR count). The van der Waals surface area contributed by atoms with Crippen LogP contribution in [0.4, 0.5) is 4.39 Å². The van der Waals surface area contributed by atoms with Crippen LogP contribution in [0.1, 0.15) is 19.4 Å². The Morgan fingerprint density at radius 3 is 2.64 bits per heavy atom. The fraction of sp³-hybridized carbons (Fsp3) is 0.455. The third-order valence-corrected chi connectivity index (χ3v) is 2.42. The molecule has 0 heterocycles. The maximum absolute atomic E-state index is 13.5. The van der Waals surface area contributed by atoms with E-state index in [4.69, 9.17) is 16.7 Å². The van der Waals surface area contributed by atoms with E-state index in [0.29, 0.717) is 12.0 Å². The van der Waals surface area contributed by atoms with Crippen molar-refractivity contribution in [3.63, 3.8) is 0 Å². The summed E-state index contributed by atoms with van der Waals surface area (Å²) in [5.41, 5.74) is 0.238. The van der Waals surface area contributed by atoms with Gasteiger partial charge in [-0.15, -0.1) is 0 Å². The summed E-state index contributed by atoms with van der Waals surface area (Å²) >= 11 is 5.65. The summed E-state index contributed by atoms with van der Waals surface area (Å²) in [4.78, 5) is 0. The highest BCUT2D eigenvalue weighted by Crippen LogP contribution is 2.25. The summed E-state index contributed by atoms with van der Waals surface area (Å²) in [6, 6.07) is 4.93. The zero-order valence-electron chi connectivity index (χ0n) is 8.35. The minimum absolute atomic E-state index is 0.0267. The quantitative estimate of drug-likeness (QED) is 0.824. The van der Waals surface area contributed by atoms with Crippen molar-refractivity contribution in [1.82, 2.24) is 0 Å². The van der Waals surface area contributed by atoms with Crippen molar-refractivity contribution in [2.45, 2.75) is 20.3 Å². The number of rotatable bonds is 3. The van der Waals surface area contributed by atoms with Crippen molar-refractivity contribution in [3.05, 3.63) is 34.6 Å². The Hall–Kier alpha value is -0.600. The Balaban J connectivity index is 2.92. The number of benzene rings is 1. The second-order valence-corrected chi connectivity index (χ2v) is 4.62. The van der Waals surface area contributed by atoms with E-state index in [1.807, 2.05) is 13.8 Å². The number of hydrogen-bond donors (Lipinski definition) is 1. The van der Waals surface area contributed by atoms with Gasteiger partial charge in [-0.05, 0) is 23.5 Å². The summed E-state index contributed by atoms with van der Waals surface area (Å²) in [7, 11) is 0. The van der Waals surface area contributed by atoms with Gasteiger partial charge in [-0.3, -0.25) is 0 Å². The molecule has 1 nitrogen and oxygen atoms in total. The van der Waals surface area contributed by atoms with Crippen molar-refractivity contribution in [2.24, 2.45) is 5.41 Å². The standard InChI is InChI=1S/C11H14ClFO/c1-11(2,7-14)6-8-4-3-5-9(12)10(8)13/h3-5,14H,6-7H2,1-2H3. The maximum Gasteiger partial charge on any atom is 0.144 e. The van der Waals surface area contributed by atoms with Gasteiger partial charge in [0, 0.05) is 6.61 Å². The van der Waals surface area contributed by atoms with Crippen molar-refractivity contribution < 1.29 is 9.50 Å². The number of aliphatic hydroxyl groups is 1. The Bertz CT molecular complexity index is 323. The summed E-state index contributed by atoms with van der Waals surface area (Å²) in [6.07, 6.45) is 0.482. The fourth-order valence-electron chi connectivity index (χ4n) is 1.26. The van der Waals surface area contributed by atoms with E-state index in [1.54, 1.807) is 12.1 Å². The van der Waals surface area contributed by atoms with Gasteiger partial charge in [0.25, 0.3) is 0 Å². The average Bonchev–Trinajstić information content (AvgIpc) is 2.13. The normalized spacial score (nSPS) is 11.8. The molecule has 0 unspecified atom stereocenters. The number of aliphatic hydroxyl groups excluding tert-OH is 1. The Kier molecular flexibility index (Phi) is 3.51. The zero-order chi connectivity index (χ0) is 10.8. The topological polar surface area (TPSA) is 20.2 Å². The smallest absolute Gasteiger partial charge is 0.144 e. The van der Waals surface area contributed by atoms with Crippen LogP contribution in [0.2, 0.25) is 5.02 Å². The molecule has 0 bridgehead atoms. The van der Waals surface area contributed by atoms with Gasteiger partial charge in [0.2, 0.25) is 0 Å². The molecule has 0 radical (unpaired) electrons. The summed E-state index contributed by atoms with van der Waals surface area (Å²) < 4.78 is 13.5. The van der Waals surface area contributed by atoms with Gasteiger partial charge in [-0.2, -0.15) is 0 Å². The molecule has 1 aromatic carbocycles.